The number of piperidine rings is 1. The molecule has 4 rings (SSSR count). The lowest BCUT2D eigenvalue weighted by molar-refractivity contribution is 0.0942. The molecule has 146 valence electrons. The first-order valence-electron chi connectivity index (χ1n) is 9.38. The van der Waals surface area contributed by atoms with Crippen LogP contribution in [0.1, 0.15) is 41.1 Å². The van der Waals surface area contributed by atoms with Crippen LogP contribution in [0.15, 0.2) is 30.7 Å². The van der Waals surface area contributed by atoms with E-state index in [1.54, 1.807) is 6.07 Å². The summed E-state index contributed by atoms with van der Waals surface area (Å²) in [7, 11) is 0. The zero-order chi connectivity index (χ0) is 20.2. The van der Waals surface area contributed by atoms with E-state index >= 15 is 0 Å². The van der Waals surface area contributed by atoms with Gasteiger partial charge in [-0.1, -0.05) is 0 Å². The molecule has 1 aliphatic heterocycles. The molecule has 9 heteroatoms. The molecule has 29 heavy (non-hydrogen) atoms. The minimum absolute atomic E-state index is 0.0772. The van der Waals surface area contributed by atoms with Crippen LogP contribution in [0.3, 0.4) is 0 Å². The number of hydrogen-bond donors (Lipinski definition) is 2. The van der Waals surface area contributed by atoms with E-state index in [1.807, 2.05) is 12.1 Å². The van der Waals surface area contributed by atoms with Gasteiger partial charge in [0.2, 0.25) is 0 Å². The van der Waals surface area contributed by atoms with Crippen LogP contribution in [0.5, 0.6) is 5.75 Å². The topological polar surface area (TPSA) is 128 Å². The smallest absolute Gasteiger partial charge is 0.274 e. The molecule has 0 aromatic carbocycles. The number of carbonyl (C=O) groups is 1. The van der Waals surface area contributed by atoms with Crippen molar-refractivity contribution < 1.29 is 9.90 Å². The van der Waals surface area contributed by atoms with E-state index in [-0.39, 0.29) is 23.7 Å². The molecule has 1 aliphatic rings. The molecule has 2 N–H and O–H groups in total. The molecule has 0 aliphatic carbocycles. The van der Waals surface area contributed by atoms with E-state index in [0.29, 0.717) is 16.6 Å². The van der Waals surface area contributed by atoms with Crippen molar-refractivity contribution in [3.05, 3.63) is 47.8 Å². The fourth-order valence-corrected chi connectivity index (χ4v) is 3.30. The number of nitrogens with one attached hydrogen (secondary N) is 1. The van der Waals surface area contributed by atoms with Gasteiger partial charge in [-0.25, -0.2) is 15.0 Å². The Morgan fingerprint density at radius 1 is 1.14 bits per heavy atom. The third kappa shape index (κ3) is 3.91. The molecule has 4 heterocycles. The average molecular weight is 389 g/mol. The van der Waals surface area contributed by atoms with E-state index in [9.17, 15) is 9.90 Å². The molecule has 1 fully saturated rings. The van der Waals surface area contributed by atoms with E-state index < -0.39 is 5.91 Å². The van der Waals surface area contributed by atoms with Gasteiger partial charge in [0.15, 0.2) is 17.1 Å². The zero-order valence-corrected chi connectivity index (χ0v) is 15.7. The second-order valence-electron chi connectivity index (χ2n) is 6.79. The third-order valence-corrected chi connectivity index (χ3v) is 4.85. The number of hydrogen-bond acceptors (Lipinski definition) is 8. The Morgan fingerprint density at radius 2 is 1.97 bits per heavy atom. The first kappa shape index (κ1) is 18.6. The summed E-state index contributed by atoms with van der Waals surface area (Å²) in [6, 6.07) is 5.51. The molecule has 1 amide bonds. The number of aromatic nitrogens is 4. The summed E-state index contributed by atoms with van der Waals surface area (Å²) in [4.78, 5) is 31.3. The van der Waals surface area contributed by atoms with Gasteiger partial charge in [-0.15, -0.1) is 0 Å². The van der Waals surface area contributed by atoms with Gasteiger partial charge >= 0.3 is 0 Å². The number of anilines is 1. The van der Waals surface area contributed by atoms with Crippen LogP contribution >= 0.6 is 0 Å². The first-order chi connectivity index (χ1) is 14.2. The maximum absolute atomic E-state index is 12.5. The van der Waals surface area contributed by atoms with Gasteiger partial charge in [-0.05, 0) is 31.4 Å². The minimum Gasteiger partial charge on any atom is -0.505 e. The standard InChI is InChI=1S/C20H19N7O2/c21-8-13-9-23-14(10-22-13)11-25-20(29)18-19(28)15-4-5-17(26-16(15)12-24-18)27-6-2-1-3-7-27/h4-5,9-10,12,28H,1-3,6-7,11H2,(H,25,29). The zero-order valence-electron chi connectivity index (χ0n) is 15.7. The highest BCUT2D eigenvalue weighted by molar-refractivity contribution is 6.00. The van der Waals surface area contributed by atoms with E-state index in [2.05, 4.69) is 30.2 Å². The average Bonchev–Trinajstić information content (AvgIpc) is 2.78. The van der Waals surface area contributed by atoms with Crippen molar-refractivity contribution in [2.24, 2.45) is 0 Å². The van der Waals surface area contributed by atoms with Crippen LogP contribution in [-0.2, 0) is 6.54 Å². The van der Waals surface area contributed by atoms with Gasteiger partial charge in [0.1, 0.15) is 11.9 Å². The maximum atomic E-state index is 12.5. The molecule has 9 nitrogen and oxygen atoms in total. The lowest BCUT2D eigenvalue weighted by atomic mass is 10.1. The fraction of sp³-hybridized carbons (Fsp3) is 0.300. The van der Waals surface area contributed by atoms with Crippen molar-refractivity contribution in [1.82, 2.24) is 25.3 Å². The maximum Gasteiger partial charge on any atom is 0.274 e. The number of rotatable bonds is 4. The van der Waals surface area contributed by atoms with Crippen molar-refractivity contribution in [2.75, 3.05) is 18.0 Å². The highest BCUT2D eigenvalue weighted by Gasteiger charge is 2.18. The minimum atomic E-state index is -0.532. The Morgan fingerprint density at radius 3 is 2.69 bits per heavy atom. The van der Waals surface area contributed by atoms with Gasteiger partial charge in [-0.3, -0.25) is 9.78 Å². The van der Waals surface area contributed by atoms with Crippen LogP contribution in [-0.4, -0.2) is 44.0 Å². The van der Waals surface area contributed by atoms with Crippen LogP contribution in [0.2, 0.25) is 0 Å². The number of nitriles is 1. The Balaban J connectivity index is 1.51. The number of pyridine rings is 2. The molecule has 0 radical (unpaired) electrons. The summed E-state index contributed by atoms with van der Waals surface area (Å²) in [5.41, 5.74) is 1.16. The van der Waals surface area contributed by atoms with Gasteiger partial charge < -0.3 is 15.3 Å². The van der Waals surface area contributed by atoms with Crippen LogP contribution < -0.4 is 10.2 Å². The van der Waals surface area contributed by atoms with Gasteiger partial charge in [-0.2, -0.15) is 5.26 Å². The quantitative estimate of drug-likeness (QED) is 0.693. The Kier molecular flexibility index (Phi) is 5.16. The van der Waals surface area contributed by atoms with Crippen molar-refractivity contribution >= 4 is 22.6 Å². The highest BCUT2D eigenvalue weighted by atomic mass is 16.3. The summed E-state index contributed by atoms with van der Waals surface area (Å²) in [6.45, 7) is 2.04. The van der Waals surface area contributed by atoms with Gasteiger partial charge in [0.05, 0.1) is 36.3 Å². The lowest BCUT2D eigenvalue weighted by Gasteiger charge is -2.27. The summed E-state index contributed by atoms with van der Waals surface area (Å²) in [5, 5.41) is 22.4. The van der Waals surface area contributed by atoms with Gasteiger partial charge in [0.25, 0.3) is 5.91 Å². The molecule has 0 saturated carbocycles. The Bertz CT molecular complexity index is 1090. The van der Waals surface area contributed by atoms with E-state index in [4.69, 9.17) is 5.26 Å². The number of carbonyl (C=O) groups excluding carboxylic acids is 1. The van der Waals surface area contributed by atoms with Crippen LogP contribution in [0.4, 0.5) is 5.82 Å². The second kappa shape index (κ2) is 8.06. The molecule has 0 bridgehead atoms. The first-order valence-corrected chi connectivity index (χ1v) is 9.38. The van der Waals surface area contributed by atoms with Crippen LogP contribution in [0, 0.1) is 11.3 Å². The monoisotopic (exact) mass is 389 g/mol. The SMILES string of the molecule is N#Cc1cnc(CNC(=O)c2ncc3nc(N4CCCCC4)ccc3c2O)cn1. The highest BCUT2D eigenvalue weighted by Crippen LogP contribution is 2.28. The molecular weight excluding hydrogens is 370 g/mol. The molecular formula is C20H19N7O2. The molecule has 0 spiro atoms. The lowest BCUT2D eigenvalue weighted by Crippen LogP contribution is -2.30. The number of nitrogens with zero attached hydrogens (tertiary/aromatic N) is 6. The van der Waals surface area contributed by atoms with Crippen LogP contribution in [0.25, 0.3) is 10.9 Å². The predicted octanol–water partition coefficient (Wildman–Crippen LogP) is 1.92. The van der Waals surface area contributed by atoms with Crippen molar-refractivity contribution in [1.29, 1.82) is 5.26 Å². The molecule has 3 aromatic rings. The third-order valence-electron chi connectivity index (χ3n) is 4.85. The largest absolute Gasteiger partial charge is 0.505 e. The van der Waals surface area contributed by atoms with E-state index in [1.165, 1.54) is 25.0 Å². The van der Waals surface area contributed by atoms with Crippen molar-refractivity contribution in [3.63, 3.8) is 0 Å². The molecule has 3 aromatic heterocycles. The van der Waals surface area contributed by atoms with E-state index in [0.717, 1.165) is 31.7 Å². The molecule has 0 atom stereocenters. The number of aromatic hydroxyl groups is 1. The Labute approximate surface area is 167 Å². The Hall–Kier alpha value is -3.80. The predicted molar refractivity (Wildman–Crippen MR) is 105 cm³/mol. The number of amides is 1. The summed E-state index contributed by atoms with van der Waals surface area (Å²) in [5.74, 6) is 0.120. The summed E-state index contributed by atoms with van der Waals surface area (Å²) < 4.78 is 0. The second-order valence-corrected chi connectivity index (χ2v) is 6.79. The van der Waals surface area contributed by atoms with Gasteiger partial charge in [0, 0.05) is 18.5 Å². The number of fused-ring (bicyclic) bond motifs is 1. The summed E-state index contributed by atoms with van der Waals surface area (Å²) >= 11 is 0. The normalized spacial score (nSPS) is 13.8. The molecule has 0 unspecified atom stereocenters. The van der Waals surface area contributed by atoms with Crippen molar-refractivity contribution in [3.8, 4) is 11.8 Å². The summed E-state index contributed by atoms with van der Waals surface area (Å²) in [6.07, 6.45) is 7.77. The molecule has 1 saturated heterocycles. The fourth-order valence-electron chi connectivity index (χ4n) is 3.30. The van der Waals surface area contributed by atoms with Crippen molar-refractivity contribution in [2.45, 2.75) is 25.8 Å².